The zero-order valence-corrected chi connectivity index (χ0v) is 7.96. The van der Waals surface area contributed by atoms with Crippen LogP contribution in [-0.4, -0.2) is 19.5 Å². The van der Waals surface area contributed by atoms with Crippen LogP contribution in [0.4, 0.5) is 0 Å². The van der Waals surface area contributed by atoms with Gasteiger partial charge in [-0.05, 0) is 25.3 Å². The Labute approximate surface area is 69.1 Å². The minimum Gasteiger partial charge on any atom is -0.319 e. The molecule has 0 aliphatic heterocycles. The van der Waals surface area contributed by atoms with Gasteiger partial charge in [0.1, 0.15) is 0 Å². The largest absolute Gasteiger partial charge is 0.319 e. The van der Waals surface area contributed by atoms with Crippen LogP contribution in [0, 0.1) is 5.41 Å². The average molecular weight is 164 g/mol. The zero-order chi connectivity index (χ0) is 8.04. The monoisotopic (exact) mass is 163 g/mol. The number of nitrogens with one attached hydrogen (secondary N) is 1. The molecule has 0 atom stereocenters. The van der Waals surface area contributed by atoms with Gasteiger partial charge in [-0.1, -0.05) is 13.8 Å². The standard InChI is InChI=1S/C8H18ClN/c1-4-8(5-2,6-9)7-10-3/h10H,4-7H2,1-3H3. The van der Waals surface area contributed by atoms with Crippen LogP contribution >= 0.6 is 11.6 Å². The maximum atomic E-state index is 5.86. The van der Waals surface area contributed by atoms with E-state index in [1.165, 1.54) is 0 Å². The lowest BCUT2D eigenvalue weighted by molar-refractivity contribution is 0.295. The topological polar surface area (TPSA) is 12.0 Å². The third-order valence-corrected chi connectivity index (χ3v) is 2.90. The normalized spacial score (nSPS) is 12.0. The maximum absolute atomic E-state index is 5.86. The van der Waals surface area contributed by atoms with Gasteiger partial charge in [0.25, 0.3) is 0 Å². The summed E-state index contributed by atoms with van der Waals surface area (Å²) in [5.41, 5.74) is 0.330. The first kappa shape index (κ1) is 10.2. The molecule has 0 radical (unpaired) electrons. The second-order valence-electron chi connectivity index (χ2n) is 2.87. The van der Waals surface area contributed by atoms with Gasteiger partial charge in [-0.15, -0.1) is 11.6 Å². The van der Waals surface area contributed by atoms with Gasteiger partial charge in [0.15, 0.2) is 0 Å². The molecule has 0 saturated heterocycles. The molecule has 0 saturated carbocycles. The summed E-state index contributed by atoms with van der Waals surface area (Å²) in [6.07, 6.45) is 2.32. The van der Waals surface area contributed by atoms with Crippen molar-refractivity contribution in [1.82, 2.24) is 5.32 Å². The van der Waals surface area contributed by atoms with Crippen molar-refractivity contribution >= 4 is 11.6 Å². The number of rotatable bonds is 5. The molecule has 0 aromatic heterocycles. The SMILES string of the molecule is CCC(CC)(CCl)CNC. The Kier molecular flexibility index (Phi) is 5.10. The summed E-state index contributed by atoms with van der Waals surface area (Å²) in [6.45, 7) is 5.43. The van der Waals surface area contributed by atoms with E-state index in [1.807, 2.05) is 7.05 Å². The Bertz CT molecular complexity index is 71.1. The summed E-state index contributed by atoms with van der Waals surface area (Å²) in [6, 6.07) is 0. The van der Waals surface area contributed by atoms with Gasteiger partial charge < -0.3 is 5.32 Å². The highest BCUT2D eigenvalue weighted by atomic mass is 35.5. The number of hydrogen-bond donors (Lipinski definition) is 1. The number of alkyl halides is 1. The molecule has 2 heteroatoms. The molecule has 1 N–H and O–H groups in total. The third kappa shape index (κ3) is 2.47. The van der Waals surface area contributed by atoms with E-state index in [1.54, 1.807) is 0 Å². The molecular weight excluding hydrogens is 146 g/mol. The quantitative estimate of drug-likeness (QED) is 0.614. The molecule has 0 fully saturated rings. The van der Waals surface area contributed by atoms with Crippen LogP contribution in [0.15, 0.2) is 0 Å². The summed E-state index contributed by atoms with van der Waals surface area (Å²) >= 11 is 5.86. The molecule has 1 nitrogen and oxygen atoms in total. The maximum Gasteiger partial charge on any atom is 0.0291 e. The van der Waals surface area contributed by atoms with Crippen LogP contribution in [0.2, 0.25) is 0 Å². The van der Waals surface area contributed by atoms with E-state index in [4.69, 9.17) is 11.6 Å². The van der Waals surface area contributed by atoms with Gasteiger partial charge in [-0.2, -0.15) is 0 Å². The number of hydrogen-bond acceptors (Lipinski definition) is 1. The van der Waals surface area contributed by atoms with Gasteiger partial charge >= 0.3 is 0 Å². The molecule has 10 heavy (non-hydrogen) atoms. The van der Waals surface area contributed by atoms with Crippen molar-refractivity contribution < 1.29 is 0 Å². The first-order valence-electron chi connectivity index (χ1n) is 3.95. The lowest BCUT2D eigenvalue weighted by Gasteiger charge is -2.28. The van der Waals surface area contributed by atoms with Crippen LogP contribution in [0.3, 0.4) is 0 Å². The van der Waals surface area contributed by atoms with E-state index >= 15 is 0 Å². The van der Waals surface area contributed by atoms with Crippen LogP contribution in [-0.2, 0) is 0 Å². The molecule has 0 amide bonds. The van der Waals surface area contributed by atoms with Crippen molar-refractivity contribution in [2.24, 2.45) is 5.41 Å². The molecule has 0 rings (SSSR count). The summed E-state index contributed by atoms with van der Waals surface area (Å²) < 4.78 is 0. The second kappa shape index (κ2) is 4.97. The summed E-state index contributed by atoms with van der Waals surface area (Å²) in [5.74, 6) is 0.765. The van der Waals surface area contributed by atoms with Crippen molar-refractivity contribution in [2.75, 3.05) is 19.5 Å². The fourth-order valence-electron chi connectivity index (χ4n) is 1.11. The lowest BCUT2D eigenvalue weighted by atomic mass is 9.84. The minimum atomic E-state index is 0.330. The van der Waals surface area contributed by atoms with E-state index in [0.29, 0.717) is 5.41 Å². The van der Waals surface area contributed by atoms with E-state index < -0.39 is 0 Å². The highest BCUT2D eigenvalue weighted by molar-refractivity contribution is 6.18. The minimum absolute atomic E-state index is 0.330. The summed E-state index contributed by atoms with van der Waals surface area (Å²) in [4.78, 5) is 0. The first-order valence-corrected chi connectivity index (χ1v) is 4.48. The van der Waals surface area contributed by atoms with Crippen molar-refractivity contribution in [2.45, 2.75) is 26.7 Å². The number of halogens is 1. The van der Waals surface area contributed by atoms with Crippen LogP contribution < -0.4 is 5.32 Å². The Morgan fingerprint density at radius 1 is 1.30 bits per heavy atom. The van der Waals surface area contributed by atoms with Gasteiger partial charge in [0.2, 0.25) is 0 Å². The Morgan fingerprint density at radius 2 is 1.80 bits per heavy atom. The van der Waals surface area contributed by atoms with Gasteiger partial charge in [-0.3, -0.25) is 0 Å². The second-order valence-corrected chi connectivity index (χ2v) is 3.14. The molecule has 0 aliphatic rings. The smallest absolute Gasteiger partial charge is 0.0291 e. The highest BCUT2D eigenvalue weighted by Crippen LogP contribution is 2.26. The molecule has 0 aliphatic carbocycles. The van der Waals surface area contributed by atoms with Crippen molar-refractivity contribution in [3.63, 3.8) is 0 Å². The van der Waals surface area contributed by atoms with Crippen LogP contribution in [0.5, 0.6) is 0 Å². The van der Waals surface area contributed by atoms with E-state index in [2.05, 4.69) is 19.2 Å². The molecule has 0 spiro atoms. The predicted molar refractivity (Wildman–Crippen MR) is 47.7 cm³/mol. The van der Waals surface area contributed by atoms with Crippen molar-refractivity contribution in [3.8, 4) is 0 Å². The Balaban J connectivity index is 3.87. The predicted octanol–water partition coefficient (Wildman–Crippen LogP) is 2.25. The van der Waals surface area contributed by atoms with Gasteiger partial charge in [-0.25, -0.2) is 0 Å². The average Bonchev–Trinajstić information content (AvgIpc) is 2.01. The summed E-state index contributed by atoms with van der Waals surface area (Å²) in [5, 5.41) is 3.18. The van der Waals surface area contributed by atoms with E-state index in [9.17, 15) is 0 Å². The van der Waals surface area contributed by atoms with Gasteiger partial charge in [0, 0.05) is 12.4 Å². The molecule has 0 heterocycles. The van der Waals surface area contributed by atoms with E-state index in [-0.39, 0.29) is 0 Å². The molecule has 0 bridgehead atoms. The summed E-state index contributed by atoms with van der Waals surface area (Å²) in [7, 11) is 1.98. The molecule has 0 aromatic carbocycles. The first-order chi connectivity index (χ1) is 4.74. The Morgan fingerprint density at radius 3 is 1.90 bits per heavy atom. The van der Waals surface area contributed by atoms with Crippen LogP contribution in [0.25, 0.3) is 0 Å². The van der Waals surface area contributed by atoms with Gasteiger partial charge in [0.05, 0.1) is 0 Å². The molecule has 0 unspecified atom stereocenters. The van der Waals surface area contributed by atoms with Crippen molar-refractivity contribution in [1.29, 1.82) is 0 Å². The fourth-order valence-corrected chi connectivity index (χ4v) is 1.58. The fraction of sp³-hybridized carbons (Fsp3) is 1.00. The third-order valence-electron chi connectivity index (χ3n) is 2.34. The Hall–Kier alpha value is 0.250. The molecular formula is C8H18ClN. The van der Waals surface area contributed by atoms with Crippen molar-refractivity contribution in [3.05, 3.63) is 0 Å². The van der Waals surface area contributed by atoms with E-state index in [0.717, 1.165) is 25.3 Å². The molecule has 0 aromatic rings. The lowest BCUT2D eigenvalue weighted by Crippen LogP contribution is -2.33. The zero-order valence-electron chi connectivity index (χ0n) is 7.21. The molecule has 62 valence electrons. The highest BCUT2D eigenvalue weighted by Gasteiger charge is 2.23. The van der Waals surface area contributed by atoms with Crippen LogP contribution in [0.1, 0.15) is 26.7 Å².